The minimum Gasteiger partial charge on any atom is -0.470 e. The van der Waals surface area contributed by atoms with E-state index >= 15 is 0 Å². The smallest absolute Gasteiger partial charge is 0.301 e. The number of ether oxygens (including phenoxy) is 1. The average Bonchev–Trinajstić information content (AvgIpc) is 1.20. The molecular formula is C64H58BN3O2. The number of hydrogen-bond acceptors (Lipinski definition) is 4. The third kappa shape index (κ3) is 5.29. The minimum atomic E-state index is -1.66. The second-order valence-electron chi connectivity index (χ2n) is 21.4. The van der Waals surface area contributed by atoms with E-state index in [9.17, 15) is 23.3 Å². The van der Waals surface area contributed by atoms with Crippen molar-refractivity contribution in [3.05, 3.63) is 190 Å². The van der Waals surface area contributed by atoms with E-state index < -0.39 is 196 Å². The van der Waals surface area contributed by atoms with Gasteiger partial charge in [0.2, 0.25) is 0 Å². The molecule has 344 valence electrons. The molecule has 5 heterocycles. The highest BCUT2D eigenvalue weighted by Crippen LogP contribution is 2.58. The predicted molar refractivity (Wildman–Crippen MR) is 291 cm³/mol. The maximum atomic E-state index is 11.2. The van der Waals surface area contributed by atoms with E-state index in [1.165, 1.54) is 32.6 Å². The van der Waals surface area contributed by atoms with E-state index in [4.69, 9.17) is 18.7 Å². The van der Waals surface area contributed by atoms with Crippen LogP contribution in [0.5, 0.6) is 11.5 Å². The van der Waals surface area contributed by atoms with Crippen molar-refractivity contribution in [1.82, 2.24) is 4.57 Å². The fourth-order valence-electron chi connectivity index (χ4n) is 12.0. The zero-order chi connectivity index (χ0) is 68.9. The molecule has 0 N–H and O–H groups in total. The maximum Gasteiger partial charge on any atom is 0.301 e. The van der Waals surface area contributed by atoms with E-state index in [-0.39, 0.29) is 101 Å². The first-order chi connectivity index (χ1) is 43.6. The molecule has 2 aliphatic carbocycles. The van der Waals surface area contributed by atoms with Crippen molar-refractivity contribution in [2.45, 2.75) is 104 Å². The van der Waals surface area contributed by atoms with Gasteiger partial charge >= 0.3 is 6.71 Å². The molecule has 0 fully saturated rings. The first-order valence-electron chi connectivity index (χ1n) is 35.4. The van der Waals surface area contributed by atoms with Gasteiger partial charge in [-0.1, -0.05) is 158 Å². The molecule has 0 amide bonds. The molecule has 0 spiro atoms. The molecule has 0 unspecified atom stereocenters. The van der Waals surface area contributed by atoms with Crippen molar-refractivity contribution < 1.29 is 42.1 Å². The summed E-state index contributed by atoms with van der Waals surface area (Å²) in [7, 11) is 0. The lowest BCUT2D eigenvalue weighted by molar-refractivity contribution is 0.280. The predicted octanol–water partition coefficient (Wildman–Crippen LogP) is 15.0. The number of para-hydroxylation sites is 4. The van der Waals surface area contributed by atoms with Gasteiger partial charge in [0.05, 0.1) is 66.9 Å². The van der Waals surface area contributed by atoms with Gasteiger partial charge in [-0.3, -0.25) is 0 Å². The Labute approximate surface area is 446 Å². The van der Waals surface area contributed by atoms with E-state index in [0.717, 1.165) is 9.47 Å². The number of hydrogen-bond donors (Lipinski definition) is 0. The molecular weight excluding hydrogens is 854 g/mol. The molecule has 0 atom stereocenters. The molecule has 3 aliphatic heterocycles. The van der Waals surface area contributed by atoms with Crippen molar-refractivity contribution in [2.75, 3.05) is 9.80 Å². The van der Waals surface area contributed by atoms with Crippen LogP contribution in [0.15, 0.2) is 149 Å². The van der Waals surface area contributed by atoms with Crippen LogP contribution >= 0.6 is 0 Å². The van der Waals surface area contributed by atoms with Crippen LogP contribution in [0.4, 0.5) is 34.1 Å². The van der Waals surface area contributed by atoms with E-state index in [0.29, 0.717) is 24.2 Å². The summed E-state index contributed by atoms with van der Waals surface area (Å²) in [5.74, 6) is 0.142. The summed E-state index contributed by atoms with van der Waals surface area (Å²) >= 11 is 0. The minimum absolute atomic E-state index is 0.0124. The summed E-state index contributed by atoms with van der Waals surface area (Å²) < 4.78 is 247. The summed E-state index contributed by atoms with van der Waals surface area (Å²) in [4.78, 5) is 2.32. The Morgan fingerprint density at radius 1 is 0.557 bits per heavy atom. The zero-order valence-electron chi connectivity index (χ0n) is 64.1. The Morgan fingerprint density at radius 3 is 1.91 bits per heavy atom. The maximum absolute atomic E-state index is 11.2. The second kappa shape index (κ2) is 13.8. The molecule has 0 saturated heterocycles. The molecule has 6 heteroatoms. The highest BCUT2D eigenvalue weighted by molar-refractivity contribution is 6.98. The SMILES string of the molecule is [2H]c1c([2H])c(C)c(N2c3c([2H])c(-n4c5c(c6c([2H])c([2H])c([2H])c([2H])c64)C(C)(C)c4c([2H])c([2H])c([2H])c([2H])c4-5)c([2H])c([2H])c3B3c4oc5c(c4Oc4c([2H])c(N6c7c([2H])c([2H])c([2H])c([2H])c7C(C)(C)c7c([2H])c([2H])c([2H])c([2H])c76)c([2H])c2c43)C(C)(C)CCC5(C)C)c(C)c1[2H]. The van der Waals surface area contributed by atoms with Crippen LogP contribution < -0.4 is 31.1 Å². The Balaban J connectivity index is 1.25. The van der Waals surface area contributed by atoms with Gasteiger partial charge in [0.25, 0.3) is 0 Å². The summed E-state index contributed by atoms with van der Waals surface area (Å²) in [6.45, 7) is 15.6. The molecule has 14 rings (SSSR count). The Bertz CT molecular complexity index is 5080. The molecule has 0 saturated carbocycles. The first kappa shape index (κ1) is 24.1. The van der Waals surface area contributed by atoms with Crippen LogP contribution in [0, 0.1) is 13.8 Å². The van der Waals surface area contributed by atoms with Gasteiger partial charge in [0.1, 0.15) is 17.2 Å². The third-order valence-electron chi connectivity index (χ3n) is 15.5. The highest BCUT2D eigenvalue weighted by atomic mass is 16.5. The number of aromatic nitrogens is 1. The van der Waals surface area contributed by atoms with Crippen molar-refractivity contribution in [1.29, 1.82) is 0 Å². The number of nitrogens with zero attached hydrogens (tertiary/aromatic N) is 3. The van der Waals surface area contributed by atoms with Gasteiger partial charge in [-0.05, 0) is 107 Å². The summed E-state index contributed by atoms with van der Waals surface area (Å²) in [5.41, 5.74) is -8.20. The Kier molecular flexibility index (Phi) is 4.74. The highest BCUT2D eigenvalue weighted by Gasteiger charge is 2.52. The van der Waals surface area contributed by atoms with Crippen LogP contribution in [0.3, 0.4) is 0 Å². The van der Waals surface area contributed by atoms with Crippen LogP contribution in [0.1, 0.15) is 146 Å². The fraction of sp³-hybridized carbons (Fsp3) is 0.250. The number of benzene rings is 7. The fourth-order valence-corrected chi connectivity index (χ4v) is 12.0. The Hall–Kier alpha value is -7.18. The second-order valence-corrected chi connectivity index (χ2v) is 21.4. The standard InChI is InChI=1S/C64H58BN3O2/c1-37-20-19-21-38(2)56(37)68-50-34-39(67-47-27-16-12-23-42(47)53-57(67)41-22-11-13-24-43(41)64(53,9)10)30-31-46(50)65-55-51(68)35-40(66-48-28-17-14-25-44(48)63(7,8)45-26-15-18-29-49(45)66)36-52(55)69-58-54-59(70-60(58)65)62(5,6)33-32-61(54,3)4/h11-31,34-36H,32-33H2,1-10H3/i11D,12D,13D,14D,15D,16D,17D,18D,19D,20D,21D,22D,23D,24D,25D,26D,27D,28D,29D,30D,31D,34D,35D,36D. The van der Waals surface area contributed by atoms with E-state index in [1.54, 1.807) is 13.8 Å². The summed E-state index contributed by atoms with van der Waals surface area (Å²) in [6, 6.07) is -15.7. The Morgan fingerprint density at radius 2 is 1.19 bits per heavy atom. The summed E-state index contributed by atoms with van der Waals surface area (Å²) in [5, 5.41) is -0.160. The molecule has 0 radical (unpaired) electrons. The van der Waals surface area contributed by atoms with Gasteiger partial charge in [0, 0.05) is 61.3 Å². The largest absolute Gasteiger partial charge is 0.470 e. The average molecular weight is 936 g/mol. The molecule has 5 nitrogen and oxygen atoms in total. The van der Waals surface area contributed by atoms with Crippen molar-refractivity contribution in [2.24, 2.45) is 0 Å². The number of furan rings is 1. The zero-order valence-corrected chi connectivity index (χ0v) is 40.1. The monoisotopic (exact) mass is 936 g/mol. The third-order valence-corrected chi connectivity index (χ3v) is 15.5. The lowest BCUT2D eigenvalue weighted by Crippen LogP contribution is -2.59. The molecule has 2 aromatic heterocycles. The van der Waals surface area contributed by atoms with Crippen LogP contribution in [-0.4, -0.2) is 11.3 Å². The van der Waals surface area contributed by atoms with Crippen molar-refractivity contribution in [3.63, 3.8) is 0 Å². The molecule has 7 aromatic carbocycles. The van der Waals surface area contributed by atoms with E-state index in [2.05, 4.69) is 0 Å². The number of anilines is 6. The number of rotatable bonds is 3. The molecule has 9 aromatic rings. The van der Waals surface area contributed by atoms with Crippen LogP contribution in [0.25, 0.3) is 27.8 Å². The van der Waals surface area contributed by atoms with E-state index in [1.807, 2.05) is 27.7 Å². The first-order valence-corrected chi connectivity index (χ1v) is 23.4. The normalized spacial score (nSPS) is 22.5. The lowest BCUT2D eigenvalue weighted by atomic mass is 9.36. The van der Waals surface area contributed by atoms with Crippen LogP contribution in [-0.2, 0) is 21.7 Å². The van der Waals surface area contributed by atoms with Crippen molar-refractivity contribution >= 4 is 68.3 Å². The van der Waals surface area contributed by atoms with Crippen molar-refractivity contribution in [3.8, 4) is 28.4 Å². The quantitative estimate of drug-likeness (QED) is 0.165. The van der Waals surface area contributed by atoms with Gasteiger partial charge in [-0.15, -0.1) is 0 Å². The van der Waals surface area contributed by atoms with Gasteiger partial charge in [-0.25, -0.2) is 0 Å². The molecule has 0 bridgehead atoms. The van der Waals surface area contributed by atoms with Crippen LogP contribution in [0.2, 0.25) is 0 Å². The van der Waals surface area contributed by atoms with Gasteiger partial charge in [-0.2, -0.15) is 0 Å². The number of fused-ring (bicyclic) bond motifs is 13. The molecule has 5 aliphatic rings. The lowest BCUT2D eigenvalue weighted by Gasteiger charge is -2.44. The molecule has 70 heavy (non-hydrogen) atoms. The topological polar surface area (TPSA) is 33.8 Å². The summed E-state index contributed by atoms with van der Waals surface area (Å²) in [6.07, 6.45) is 1.16. The van der Waals surface area contributed by atoms with Gasteiger partial charge in [0.15, 0.2) is 5.75 Å². The van der Waals surface area contributed by atoms with Gasteiger partial charge < -0.3 is 23.5 Å².